The molecule has 0 aliphatic rings. The first-order valence-corrected chi connectivity index (χ1v) is 6.31. The molecule has 2 nitrogen and oxygen atoms in total. The first-order chi connectivity index (χ1) is 7.63. The Morgan fingerprint density at radius 1 is 1.38 bits per heavy atom. The van der Waals surface area contributed by atoms with Gasteiger partial charge in [-0.1, -0.05) is 22.0 Å². The smallest absolute Gasteiger partial charge is 0.0997 e. The van der Waals surface area contributed by atoms with Crippen molar-refractivity contribution < 1.29 is 0 Å². The Bertz CT molecular complexity index is 520. The molecule has 84 valence electrons. The van der Waals surface area contributed by atoms with Crippen LogP contribution >= 0.6 is 27.5 Å². The predicted molar refractivity (Wildman–Crippen MR) is 70.3 cm³/mol. The topological polar surface area (TPSA) is 17.8 Å². The molecule has 1 aromatic heterocycles. The molecule has 2 rings (SSSR count). The molecule has 1 aromatic carbocycles. The van der Waals surface area contributed by atoms with E-state index in [1.54, 1.807) is 0 Å². The van der Waals surface area contributed by atoms with Gasteiger partial charge in [-0.2, -0.15) is 0 Å². The van der Waals surface area contributed by atoms with Crippen molar-refractivity contribution in [2.24, 2.45) is 0 Å². The summed E-state index contributed by atoms with van der Waals surface area (Å²) in [5, 5.41) is 0. The SMILES string of the molecule is Cc1ncn(-c2cc(Br)ccc2CCl)c1C. The maximum atomic E-state index is 5.94. The van der Waals surface area contributed by atoms with Gasteiger partial charge < -0.3 is 4.57 Å². The average Bonchev–Trinajstić information content (AvgIpc) is 2.60. The van der Waals surface area contributed by atoms with Crippen molar-refractivity contribution in [3.8, 4) is 5.69 Å². The average molecular weight is 300 g/mol. The Morgan fingerprint density at radius 2 is 2.12 bits per heavy atom. The Labute approximate surface area is 108 Å². The van der Waals surface area contributed by atoms with E-state index < -0.39 is 0 Å². The summed E-state index contributed by atoms with van der Waals surface area (Å²) in [7, 11) is 0. The van der Waals surface area contributed by atoms with Gasteiger partial charge in [0.05, 0.1) is 17.7 Å². The fraction of sp³-hybridized carbons (Fsp3) is 0.250. The van der Waals surface area contributed by atoms with Crippen LogP contribution in [0.1, 0.15) is 17.0 Å². The quantitative estimate of drug-likeness (QED) is 0.767. The third kappa shape index (κ3) is 2.02. The van der Waals surface area contributed by atoms with Crippen LogP contribution in [0.2, 0.25) is 0 Å². The van der Waals surface area contributed by atoms with E-state index in [1.807, 2.05) is 25.4 Å². The molecule has 0 unspecified atom stereocenters. The number of nitrogens with zero attached hydrogens (tertiary/aromatic N) is 2. The van der Waals surface area contributed by atoms with Gasteiger partial charge in [0.1, 0.15) is 0 Å². The van der Waals surface area contributed by atoms with Crippen LogP contribution in [0.5, 0.6) is 0 Å². The number of benzene rings is 1. The summed E-state index contributed by atoms with van der Waals surface area (Å²) in [4.78, 5) is 4.30. The fourth-order valence-corrected chi connectivity index (χ4v) is 2.19. The van der Waals surface area contributed by atoms with Crippen molar-refractivity contribution in [1.82, 2.24) is 9.55 Å². The lowest BCUT2D eigenvalue weighted by atomic mass is 10.2. The molecule has 0 fully saturated rings. The van der Waals surface area contributed by atoms with Crippen molar-refractivity contribution in [2.45, 2.75) is 19.7 Å². The van der Waals surface area contributed by atoms with Gasteiger partial charge >= 0.3 is 0 Å². The van der Waals surface area contributed by atoms with E-state index in [0.717, 1.165) is 27.1 Å². The standard InChI is InChI=1S/C12H12BrClN2/c1-8-9(2)16(7-15-8)12-5-11(13)4-3-10(12)6-14/h3-5,7H,6H2,1-2H3. The summed E-state index contributed by atoms with van der Waals surface area (Å²) in [6.45, 7) is 4.06. The van der Waals surface area contributed by atoms with Crippen LogP contribution in [0, 0.1) is 13.8 Å². The molecule has 2 aromatic rings. The highest BCUT2D eigenvalue weighted by Crippen LogP contribution is 2.23. The maximum Gasteiger partial charge on any atom is 0.0997 e. The molecular formula is C12H12BrClN2. The molecule has 0 spiro atoms. The molecule has 0 N–H and O–H groups in total. The van der Waals surface area contributed by atoms with E-state index in [4.69, 9.17) is 11.6 Å². The van der Waals surface area contributed by atoms with Crippen molar-refractivity contribution in [3.05, 3.63) is 46.0 Å². The van der Waals surface area contributed by atoms with Crippen LogP contribution in [-0.2, 0) is 5.88 Å². The van der Waals surface area contributed by atoms with Crippen LogP contribution in [-0.4, -0.2) is 9.55 Å². The fourth-order valence-electron chi connectivity index (χ4n) is 1.62. The molecule has 0 amide bonds. The molecule has 4 heteroatoms. The number of halogens is 2. The third-order valence-electron chi connectivity index (χ3n) is 2.70. The largest absolute Gasteiger partial charge is 0.303 e. The minimum absolute atomic E-state index is 0.499. The molecule has 0 radical (unpaired) electrons. The Kier molecular flexibility index (Phi) is 3.36. The minimum Gasteiger partial charge on any atom is -0.303 e. The van der Waals surface area contributed by atoms with Crippen molar-refractivity contribution >= 4 is 27.5 Å². The minimum atomic E-state index is 0.499. The molecule has 0 aliphatic carbocycles. The predicted octanol–water partition coefficient (Wildman–Crippen LogP) is 3.99. The van der Waals surface area contributed by atoms with Crippen molar-refractivity contribution in [2.75, 3.05) is 0 Å². The zero-order valence-corrected chi connectivity index (χ0v) is 11.5. The highest BCUT2D eigenvalue weighted by molar-refractivity contribution is 9.10. The Morgan fingerprint density at radius 3 is 2.69 bits per heavy atom. The molecule has 1 heterocycles. The number of aromatic nitrogens is 2. The Balaban J connectivity index is 2.62. The van der Waals surface area contributed by atoms with E-state index in [0.29, 0.717) is 5.88 Å². The van der Waals surface area contributed by atoms with Crippen molar-refractivity contribution in [1.29, 1.82) is 0 Å². The van der Waals surface area contributed by atoms with Gasteiger partial charge in [0, 0.05) is 16.0 Å². The van der Waals surface area contributed by atoms with E-state index in [1.165, 1.54) is 0 Å². The van der Waals surface area contributed by atoms with E-state index in [-0.39, 0.29) is 0 Å². The summed E-state index contributed by atoms with van der Waals surface area (Å²) in [6, 6.07) is 6.09. The summed E-state index contributed by atoms with van der Waals surface area (Å²) in [5.74, 6) is 0.499. The van der Waals surface area contributed by atoms with Crippen LogP contribution < -0.4 is 0 Å². The normalized spacial score (nSPS) is 10.8. The summed E-state index contributed by atoms with van der Waals surface area (Å²) >= 11 is 9.42. The molecule has 0 atom stereocenters. The maximum absolute atomic E-state index is 5.94. The first-order valence-electron chi connectivity index (χ1n) is 4.99. The lowest BCUT2D eigenvalue weighted by Crippen LogP contribution is -1.99. The van der Waals surface area contributed by atoms with Gasteiger partial charge in [-0.15, -0.1) is 11.6 Å². The second-order valence-corrected chi connectivity index (χ2v) is 4.87. The van der Waals surface area contributed by atoms with Crippen LogP contribution in [0.25, 0.3) is 5.69 Å². The summed E-state index contributed by atoms with van der Waals surface area (Å²) in [6.07, 6.45) is 1.84. The summed E-state index contributed by atoms with van der Waals surface area (Å²) in [5.41, 5.74) is 4.37. The van der Waals surface area contributed by atoms with Crippen LogP contribution in [0.3, 0.4) is 0 Å². The van der Waals surface area contributed by atoms with Gasteiger partial charge in [-0.05, 0) is 31.5 Å². The van der Waals surface area contributed by atoms with E-state index in [9.17, 15) is 0 Å². The number of imidazole rings is 1. The van der Waals surface area contributed by atoms with Gasteiger partial charge in [-0.3, -0.25) is 0 Å². The van der Waals surface area contributed by atoms with Gasteiger partial charge in [0.15, 0.2) is 0 Å². The number of aryl methyl sites for hydroxylation is 1. The van der Waals surface area contributed by atoms with Crippen molar-refractivity contribution in [3.63, 3.8) is 0 Å². The van der Waals surface area contributed by atoms with Crippen LogP contribution in [0.15, 0.2) is 29.0 Å². The molecule has 0 saturated carbocycles. The molecule has 0 saturated heterocycles. The number of alkyl halides is 1. The number of rotatable bonds is 2. The van der Waals surface area contributed by atoms with E-state index in [2.05, 4.69) is 38.5 Å². The molecular weight excluding hydrogens is 288 g/mol. The monoisotopic (exact) mass is 298 g/mol. The second kappa shape index (κ2) is 4.60. The molecule has 0 aliphatic heterocycles. The summed E-state index contributed by atoms with van der Waals surface area (Å²) < 4.78 is 3.11. The third-order valence-corrected chi connectivity index (χ3v) is 3.48. The van der Waals surface area contributed by atoms with Gasteiger partial charge in [0.25, 0.3) is 0 Å². The van der Waals surface area contributed by atoms with Crippen LogP contribution in [0.4, 0.5) is 0 Å². The zero-order valence-electron chi connectivity index (χ0n) is 9.17. The Hall–Kier alpha value is -0.800. The highest BCUT2D eigenvalue weighted by atomic mass is 79.9. The molecule has 16 heavy (non-hydrogen) atoms. The number of hydrogen-bond acceptors (Lipinski definition) is 1. The lowest BCUT2D eigenvalue weighted by molar-refractivity contribution is 0.983. The second-order valence-electron chi connectivity index (χ2n) is 3.69. The highest BCUT2D eigenvalue weighted by Gasteiger charge is 2.08. The zero-order chi connectivity index (χ0) is 11.7. The lowest BCUT2D eigenvalue weighted by Gasteiger charge is -2.10. The molecule has 0 bridgehead atoms. The van der Waals surface area contributed by atoms with E-state index >= 15 is 0 Å². The van der Waals surface area contributed by atoms with Gasteiger partial charge in [0.2, 0.25) is 0 Å². The van der Waals surface area contributed by atoms with Gasteiger partial charge in [-0.25, -0.2) is 4.98 Å². The first kappa shape index (κ1) is 11.7. The number of hydrogen-bond donors (Lipinski definition) is 0.